The van der Waals surface area contributed by atoms with Gasteiger partial charge in [-0.2, -0.15) is 0 Å². The molecular weight excluding hydrogens is 305 g/mol. The highest BCUT2D eigenvalue weighted by atomic mass is 28.4. The van der Waals surface area contributed by atoms with Crippen LogP contribution in [0.2, 0.25) is 19.6 Å². The van der Waals surface area contributed by atoms with Crippen LogP contribution in [0, 0.1) is 5.82 Å². The maximum Gasteiger partial charge on any atom is 0.242 e. The molecule has 0 unspecified atom stereocenters. The molecule has 2 nitrogen and oxygen atoms in total. The van der Waals surface area contributed by atoms with Crippen molar-refractivity contribution in [3.05, 3.63) is 89.8 Å². The highest BCUT2D eigenvalue weighted by Gasteiger charge is 2.20. The van der Waals surface area contributed by atoms with Crippen LogP contribution < -0.4 is 5.32 Å². The van der Waals surface area contributed by atoms with Gasteiger partial charge in [0.25, 0.3) is 0 Å². The molecule has 0 saturated carbocycles. The van der Waals surface area contributed by atoms with Gasteiger partial charge in [-0.15, -0.1) is 0 Å². The monoisotopic (exact) mass is 327 g/mol. The molecule has 0 bridgehead atoms. The summed E-state index contributed by atoms with van der Waals surface area (Å²) >= 11 is 0. The Kier molecular flexibility index (Phi) is 5.39. The van der Waals surface area contributed by atoms with E-state index in [9.17, 15) is 4.39 Å². The second-order valence-corrected chi connectivity index (χ2v) is 10.6. The van der Waals surface area contributed by atoms with Crippen LogP contribution in [-0.4, -0.2) is 8.32 Å². The molecule has 0 aromatic heterocycles. The number of halogens is 1. The molecule has 1 N–H and O–H groups in total. The van der Waals surface area contributed by atoms with Crippen LogP contribution in [0.25, 0.3) is 6.08 Å². The highest BCUT2D eigenvalue weighted by molar-refractivity contribution is 6.70. The summed E-state index contributed by atoms with van der Waals surface area (Å²) in [6, 6.07) is 6.47. The van der Waals surface area contributed by atoms with Crippen LogP contribution >= 0.6 is 0 Å². The molecule has 1 aliphatic heterocycles. The Bertz CT molecular complexity index is 708. The van der Waals surface area contributed by atoms with E-state index in [-0.39, 0.29) is 5.82 Å². The predicted molar refractivity (Wildman–Crippen MR) is 97.4 cm³/mol. The lowest BCUT2D eigenvalue weighted by molar-refractivity contribution is 0.437. The molecule has 1 aromatic carbocycles. The molecule has 1 heterocycles. The molecule has 0 fully saturated rings. The second kappa shape index (κ2) is 7.29. The van der Waals surface area contributed by atoms with Crippen LogP contribution in [0.1, 0.15) is 5.56 Å². The van der Waals surface area contributed by atoms with Gasteiger partial charge in [-0.1, -0.05) is 30.9 Å². The van der Waals surface area contributed by atoms with Gasteiger partial charge in [-0.3, -0.25) is 0 Å². The van der Waals surface area contributed by atoms with E-state index in [1.807, 2.05) is 42.6 Å². The quantitative estimate of drug-likeness (QED) is 0.460. The average molecular weight is 327 g/mol. The Labute approximate surface area is 138 Å². The first-order valence-corrected chi connectivity index (χ1v) is 10.9. The molecule has 120 valence electrons. The smallest absolute Gasteiger partial charge is 0.242 e. The van der Waals surface area contributed by atoms with Crippen LogP contribution in [0.15, 0.2) is 78.4 Å². The van der Waals surface area contributed by atoms with Gasteiger partial charge < -0.3 is 9.74 Å². The van der Waals surface area contributed by atoms with Crippen molar-refractivity contribution < 1.29 is 8.82 Å². The summed E-state index contributed by atoms with van der Waals surface area (Å²) in [6.07, 6.45) is 11.5. The van der Waals surface area contributed by atoms with E-state index in [1.165, 1.54) is 12.1 Å². The number of rotatable bonds is 5. The van der Waals surface area contributed by atoms with Gasteiger partial charge in [0.2, 0.25) is 8.32 Å². The van der Waals surface area contributed by atoms with Crippen molar-refractivity contribution in [3.8, 4) is 0 Å². The fourth-order valence-corrected chi connectivity index (χ4v) is 2.97. The second-order valence-electron chi connectivity index (χ2n) is 6.22. The fraction of sp³-hybridized carbons (Fsp3) is 0.158. The number of nitrogens with one attached hydrogen (secondary N) is 1. The number of hydrogen-bond donors (Lipinski definition) is 1. The Morgan fingerprint density at radius 2 is 2.00 bits per heavy atom. The van der Waals surface area contributed by atoms with Crippen LogP contribution in [0.3, 0.4) is 0 Å². The number of benzene rings is 1. The van der Waals surface area contributed by atoms with E-state index in [0.717, 1.165) is 16.8 Å². The maximum absolute atomic E-state index is 13.5. The topological polar surface area (TPSA) is 21.3 Å². The highest BCUT2D eigenvalue weighted by Crippen LogP contribution is 2.25. The van der Waals surface area contributed by atoms with E-state index in [0.29, 0.717) is 5.76 Å². The molecule has 23 heavy (non-hydrogen) atoms. The predicted octanol–water partition coefficient (Wildman–Crippen LogP) is 5.13. The zero-order chi connectivity index (χ0) is 16.9. The normalized spacial score (nSPS) is 14.8. The van der Waals surface area contributed by atoms with Gasteiger partial charge in [-0.25, -0.2) is 4.39 Å². The summed E-state index contributed by atoms with van der Waals surface area (Å²) < 4.78 is 19.5. The number of hydrogen-bond acceptors (Lipinski definition) is 2. The average Bonchev–Trinajstić information content (AvgIpc) is 2.72. The lowest BCUT2D eigenvalue weighted by atomic mass is 10.1. The standard InChI is InChI=1S/C19H22FNOSi/c1-15(22-23(2,3)4)18(19-11-6-5-7-12-21-19)14-16-9-8-10-17(20)13-16/h5-14,21H,1H2,2-4H3. The Balaban J connectivity index is 2.42. The van der Waals surface area contributed by atoms with E-state index in [2.05, 4.69) is 31.5 Å². The van der Waals surface area contributed by atoms with Crippen LogP contribution in [-0.2, 0) is 4.43 Å². The van der Waals surface area contributed by atoms with E-state index in [1.54, 1.807) is 6.07 Å². The molecule has 0 aliphatic carbocycles. The van der Waals surface area contributed by atoms with Gasteiger partial charge in [0, 0.05) is 17.5 Å². The lowest BCUT2D eigenvalue weighted by Crippen LogP contribution is -2.26. The van der Waals surface area contributed by atoms with Gasteiger partial charge in [0.1, 0.15) is 11.6 Å². The summed E-state index contributed by atoms with van der Waals surface area (Å²) in [7, 11) is -1.79. The van der Waals surface area contributed by atoms with Gasteiger partial charge in [-0.05, 0) is 55.6 Å². The fourth-order valence-electron chi connectivity index (χ4n) is 2.12. The molecule has 1 aromatic rings. The summed E-state index contributed by atoms with van der Waals surface area (Å²) in [5, 5.41) is 3.21. The summed E-state index contributed by atoms with van der Waals surface area (Å²) in [4.78, 5) is 0. The molecule has 4 heteroatoms. The third kappa shape index (κ3) is 5.42. The minimum Gasteiger partial charge on any atom is -0.544 e. The summed E-state index contributed by atoms with van der Waals surface area (Å²) in [5.74, 6) is 0.327. The van der Waals surface area contributed by atoms with Crippen LogP contribution in [0.5, 0.6) is 0 Å². The largest absolute Gasteiger partial charge is 0.544 e. The SMILES string of the molecule is C=C(O[Si](C)(C)C)C(=Cc1cccc(F)c1)C1=CC=CC=CN1. The zero-order valence-corrected chi connectivity index (χ0v) is 14.8. The maximum atomic E-state index is 13.5. The number of allylic oxidation sites excluding steroid dienone is 4. The molecule has 0 amide bonds. The van der Waals surface area contributed by atoms with Crippen molar-refractivity contribution in [2.24, 2.45) is 0 Å². The summed E-state index contributed by atoms with van der Waals surface area (Å²) in [6.45, 7) is 10.4. The molecule has 2 rings (SSSR count). The first-order chi connectivity index (χ1) is 10.8. The van der Waals surface area contributed by atoms with Crippen molar-refractivity contribution in [2.45, 2.75) is 19.6 Å². The van der Waals surface area contributed by atoms with E-state index < -0.39 is 8.32 Å². The van der Waals surface area contributed by atoms with Gasteiger partial charge in [0.15, 0.2) is 0 Å². The van der Waals surface area contributed by atoms with Crippen molar-refractivity contribution in [1.82, 2.24) is 5.32 Å². The Morgan fingerprint density at radius 3 is 2.70 bits per heavy atom. The van der Waals surface area contributed by atoms with Gasteiger partial charge in [0.05, 0.1) is 0 Å². The summed E-state index contributed by atoms with van der Waals surface area (Å²) in [5.41, 5.74) is 2.44. The minimum absolute atomic E-state index is 0.266. The molecule has 0 spiro atoms. The van der Waals surface area contributed by atoms with Crippen molar-refractivity contribution >= 4 is 14.4 Å². The molecular formula is C19H22FNOSi. The third-order valence-electron chi connectivity index (χ3n) is 3.00. The van der Waals surface area contributed by atoms with Crippen LogP contribution in [0.4, 0.5) is 4.39 Å². The zero-order valence-electron chi connectivity index (χ0n) is 13.8. The van der Waals surface area contributed by atoms with Crippen molar-refractivity contribution in [3.63, 3.8) is 0 Å². The third-order valence-corrected chi connectivity index (χ3v) is 3.86. The molecule has 0 saturated heterocycles. The Morgan fingerprint density at radius 1 is 1.22 bits per heavy atom. The molecule has 0 radical (unpaired) electrons. The molecule has 1 aliphatic rings. The van der Waals surface area contributed by atoms with Crippen molar-refractivity contribution in [1.29, 1.82) is 0 Å². The van der Waals surface area contributed by atoms with Gasteiger partial charge >= 0.3 is 0 Å². The molecule has 0 atom stereocenters. The minimum atomic E-state index is -1.79. The first-order valence-electron chi connectivity index (χ1n) is 7.51. The Hall–Kier alpha value is -2.33. The van der Waals surface area contributed by atoms with Crippen molar-refractivity contribution in [2.75, 3.05) is 0 Å². The lowest BCUT2D eigenvalue weighted by Gasteiger charge is -2.24. The first kappa shape index (κ1) is 17.0. The van der Waals surface area contributed by atoms with E-state index in [4.69, 9.17) is 4.43 Å². The van der Waals surface area contributed by atoms with E-state index >= 15 is 0 Å².